The minimum atomic E-state index is 0.375. The van der Waals surface area contributed by atoms with E-state index >= 15 is 0 Å². The lowest BCUT2D eigenvalue weighted by Crippen LogP contribution is -1.92. The van der Waals surface area contributed by atoms with Crippen LogP contribution in [0.2, 0.25) is 5.15 Å². The van der Waals surface area contributed by atoms with Gasteiger partial charge in [-0.25, -0.2) is 4.98 Å². The molecule has 0 aliphatic rings. The minimum absolute atomic E-state index is 0.375. The van der Waals surface area contributed by atoms with Gasteiger partial charge in [0.1, 0.15) is 16.5 Å². The Hall–Kier alpha value is -1.27. The summed E-state index contributed by atoms with van der Waals surface area (Å²) in [5, 5.41) is 9.50. The number of anilines is 1. The van der Waals surface area contributed by atoms with Gasteiger partial charge in [-0.3, -0.25) is 0 Å². The predicted octanol–water partition coefficient (Wildman–Crippen LogP) is 1.60. The Labute approximate surface area is 95.7 Å². The molecule has 2 heterocycles. The summed E-state index contributed by atoms with van der Waals surface area (Å²) in [5.74, 6) is 0. The van der Waals surface area contributed by atoms with Gasteiger partial charge in [0.05, 0.1) is 0 Å². The van der Waals surface area contributed by atoms with Crippen LogP contribution in [0.1, 0.15) is 0 Å². The van der Waals surface area contributed by atoms with Gasteiger partial charge < -0.3 is 10.3 Å². The van der Waals surface area contributed by atoms with Gasteiger partial charge in [-0.1, -0.05) is 11.6 Å². The van der Waals surface area contributed by atoms with Gasteiger partial charge in [-0.15, -0.1) is 10.2 Å². The molecular weight excluding hydrogens is 234 g/mol. The van der Waals surface area contributed by atoms with Crippen molar-refractivity contribution in [1.82, 2.24) is 19.7 Å². The molecule has 7 heteroatoms. The number of hydrogen-bond donors (Lipinski definition) is 1. The second kappa shape index (κ2) is 4.08. The summed E-state index contributed by atoms with van der Waals surface area (Å²) < 4.78 is 1.80. The standard InChI is InChI=1S/C8H8ClN5S/c1-14-4-11-13-8(14)15-7-3-5(10)2-6(9)12-7/h2-4H,1H3,(H2,10,12). The Kier molecular flexibility index (Phi) is 2.79. The van der Waals surface area contributed by atoms with E-state index < -0.39 is 0 Å². The largest absolute Gasteiger partial charge is 0.399 e. The summed E-state index contributed by atoms with van der Waals surface area (Å²) in [6, 6.07) is 3.34. The summed E-state index contributed by atoms with van der Waals surface area (Å²) in [6.07, 6.45) is 1.62. The van der Waals surface area contributed by atoms with Crippen LogP contribution < -0.4 is 5.73 Å². The van der Waals surface area contributed by atoms with Crippen molar-refractivity contribution in [2.45, 2.75) is 10.2 Å². The lowest BCUT2D eigenvalue weighted by molar-refractivity contribution is 0.787. The predicted molar refractivity (Wildman–Crippen MR) is 58.8 cm³/mol. The van der Waals surface area contributed by atoms with Crippen LogP contribution >= 0.6 is 23.4 Å². The molecule has 0 saturated carbocycles. The van der Waals surface area contributed by atoms with E-state index in [-0.39, 0.29) is 0 Å². The van der Waals surface area contributed by atoms with E-state index in [0.717, 1.165) is 5.16 Å². The van der Waals surface area contributed by atoms with Crippen LogP contribution in [-0.2, 0) is 7.05 Å². The van der Waals surface area contributed by atoms with Gasteiger partial charge >= 0.3 is 0 Å². The van der Waals surface area contributed by atoms with E-state index in [1.807, 2.05) is 7.05 Å². The molecule has 0 aliphatic carbocycles. The average Bonchev–Trinajstić information content (AvgIpc) is 2.50. The van der Waals surface area contributed by atoms with Crippen molar-refractivity contribution >= 4 is 29.1 Å². The SMILES string of the molecule is Cn1cnnc1Sc1cc(N)cc(Cl)n1. The Morgan fingerprint density at radius 2 is 2.27 bits per heavy atom. The molecule has 2 aromatic rings. The van der Waals surface area contributed by atoms with Crippen LogP contribution in [0, 0.1) is 0 Å². The molecule has 0 amide bonds. The number of hydrogen-bond acceptors (Lipinski definition) is 5. The number of pyridine rings is 1. The van der Waals surface area contributed by atoms with Crippen molar-refractivity contribution in [3.8, 4) is 0 Å². The summed E-state index contributed by atoms with van der Waals surface area (Å²) in [6.45, 7) is 0. The highest BCUT2D eigenvalue weighted by molar-refractivity contribution is 7.99. The fourth-order valence-corrected chi connectivity index (χ4v) is 2.07. The van der Waals surface area contributed by atoms with Crippen LogP contribution in [0.3, 0.4) is 0 Å². The Bertz CT molecular complexity index is 463. The molecule has 15 heavy (non-hydrogen) atoms. The van der Waals surface area contributed by atoms with Gasteiger partial charge in [-0.2, -0.15) is 0 Å². The van der Waals surface area contributed by atoms with Crippen LogP contribution in [0.25, 0.3) is 0 Å². The van der Waals surface area contributed by atoms with Crippen LogP contribution in [0.15, 0.2) is 28.6 Å². The van der Waals surface area contributed by atoms with Gasteiger partial charge in [0, 0.05) is 12.7 Å². The fourth-order valence-electron chi connectivity index (χ4n) is 1.00. The molecule has 0 radical (unpaired) electrons. The molecule has 2 aromatic heterocycles. The second-order valence-electron chi connectivity index (χ2n) is 2.89. The van der Waals surface area contributed by atoms with Gasteiger partial charge in [-0.05, 0) is 23.9 Å². The number of halogens is 1. The minimum Gasteiger partial charge on any atom is -0.399 e. The van der Waals surface area contributed by atoms with Gasteiger partial charge in [0.15, 0.2) is 5.16 Å². The first-order valence-electron chi connectivity index (χ1n) is 4.10. The summed E-state index contributed by atoms with van der Waals surface area (Å²) in [5.41, 5.74) is 6.23. The molecule has 2 rings (SSSR count). The van der Waals surface area contributed by atoms with E-state index in [2.05, 4.69) is 15.2 Å². The molecule has 0 aliphatic heterocycles. The first-order valence-corrected chi connectivity index (χ1v) is 5.29. The first kappa shape index (κ1) is 10.3. The lowest BCUT2D eigenvalue weighted by atomic mass is 10.4. The molecule has 5 nitrogen and oxygen atoms in total. The Balaban J connectivity index is 2.28. The number of rotatable bonds is 2. The molecule has 2 N–H and O–H groups in total. The Morgan fingerprint density at radius 3 is 2.87 bits per heavy atom. The molecule has 0 fully saturated rings. The first-order chi connectivity index (χ1) is 7.15. The van der Waals surface area contributed by atoms with Crippen molar-refractivity contribution in [3.63, 3.8) is 0 Å². The van der Waals surface area contributed by atoms with Crippen LogP contribution in [-0.4, -0.2) is 19.7 Å². The van der Waals surface area contributed by atoms with Crippen LogP contribution in [0.4, 0.5) is 5.69 Å². The van der Waals surface area contributed by atoms with E-state index in [1.54, 1.807) is 23.0 Å². The molecule has 0 aromatic carbocycles. The third-order valence-corrected chi connectivity index (χ3v) is 2.82. The third kappa shape index (κ3) is 2.40. The Morgan fingerprint density at radius 1 is 1.47 bits per heavy atom. The highest BCUT2D eigenvalue weighted by Crippen LogP contribution is 2.26. The van der Waals surface area contributed by atoms with Gasteiger partial charge in [0.2, 0.25) is 0 Å². The topological polar surface area (TPSA) is 69.6 Å². The summed E-state index contributed by atoms with van der Waals surface area (Å²) in [7, 11) is 1.86. The number of aryl methyl sites for hydroxylation is 1. The molecule has 0 bridgehead atoms. The molecule has 78 valence electrons. The maximum absolute atomic E-state index is 5.78. The zero-order chi connectivity index (χ0) is 10.8. The molecule has 0 spiro atoms. The maximum Gasteiger partial charge on any atom is 0.197 e. The summed E-state index contributed by atoms with van der Waals surface area (Å²) in [4.78, 5) is 4.12. The molecule has 0 unspecified atom stereocenters. The zero-order valence-electron chi connectivity index (χ0n) is 7.88. The van der Waals surface area contributed by atoms with E-state index in [9.17, 15) is 0 Å². The highest BCUT2D eigenvalue weighted by atomic mass is 35.5. The lowest BCUT2D eigenvalue weighted by Gasteiger charge is -2.01. The normalized spacial score (nSPS) is 10.5. The molecule has 0 atom stereocenters. The monoisotopic (exact) mass is 241 g/mol. The number of aromatic nitrogens is 4. The van der Waals surface area contributed by atoms with Crippen LogP contribution in [0.5, 0.6) is 0 Å². The maximum atomic E-state index is 5.78. The van der Waals surface area contributed by atoms with E-state index in [4.69, 9.17) is 17.3 Å². The number of nitrogens with two attached hydrogens (primary N) is 1. The highest BCUT2D eigenvalue weighted by Gasteiger charge is 2.06. The fraction of sp³-hybridized carbons (Fsp3) is 0.125. The summed E-state index contributed by atoms with van der Waals surface area (Å²) >= 11 is 7.15. The average molecular weight is 242 g/mol. The third-order valence-electron chi connectivity index (χ3n) is 1.66. The zero-order valence-corrected chi connectivity index (χ0v) is 9.46. The van der Waals surface area contributed by atoms with E-state index in [0.29, 0.717) is 15.9 Å². The molecule has 0 saturated heterocycles. The van der Waals surface area contributed by atoms with Crippen molar-refractivity contribution in [1.29, 1.82) is 0 Å². The van der Waals surface area contributed by atoms with Crippen molar-refractivity contribution in [2.75, 3.05) is 5.73 Å². The number of nitrogen functional groups attached to an aromatic ring is 1. The van der Waals surface area contributed by atoms with Gasteiger partial charge in [0.25, 0.3) is 0 Å². The quantitative estimate of drug-likeness (QED) is 0.809. The molecular formula is C8H8ClN5S. The smallest absolute Gasteiger partial charge is 0.197 e. The number of nitrogens with zero attached hydrogens (tertiary/aromatic N) is 4. The van der Waals surface area contributed by atoms with Crippen molar-refractivity contribution in [2.24, 2.45) is 7.05 Å². The van der Waals surface area contributed by atoms with Crippen molar-refractivity contribution < 1.29 is 0 Å². The van der Waals surface area contributed by atoms with Crippen molar-refractivity contribution in [3.05, 3.63) is 23.6 Å². The second-order valence-corrected chi connectivity index (χ2v) is 4.26. The van der Waals surface area contributed by atoms with E-state index in [1.165, 1.54) is 11.8 Å².